The molecule has 0 saturated carbocycles. The Hall–Kier alpha value is -2.82. The molecule has 0 saturated heterocycles. The Morgan fingerprint density at radius 2 is 1.84 bits per heavy atom. The summed E-state index contributed by atoms with van der Waals surface area (Å²) < 4.78 is 5.24. The predicted octanol–water partition coefficient (Wildman–Crippen LogP) is 2.99. The van der Waals surface area contributed by atoms with Crippen LogP contribution >= 0.6 is 0 Å². The summed E-state index contributed by atoms with van der Waals surface area (Å²) in [5, 5.41) is 11.9. The van der Waals surface area contributed by atoms with E-state index in [2.05, 4.69) is 5.32 Å². The summed E-state index contributed by atoms with van der Waals surface area (Å²) in [5.74, 6) is -0.465. The minimum Gasteiger partial charge on any atom is -0.496 e. The van der Waals surface area contributed by atoms with E-state index in [1.165, 1.54) is 24.3 Å². The molecular formula is C20H23NO4. The van der Waals surface area contributed by atoms with E-state index in [1.54, 1.807) is 12.1 Å². The molecule has 2 rings (SSSR count). The average molecular weight is 341 g/mol. The number of hydrogen-bond donors (Lipinski definition) is 2. The lowest BCUT2D eigenvalue weighted by atomic mass is 10.0. The summed E-state index contributed by atoms with van der Waals surface area (Å²) in [4.78, 5) is 23.0. The molecule has 1 amide bonds. The zero-order valence-electron chi connectivity index (χ0n) is 14.5. The Morgan fingerprint density at radius 1 is 1.08 bits per heavy atom. The largest absolute Gasteiger partial charge is 0.496 e. The second-order valence-electron chi connectivity index (χ2n) is 5.86. The summed E-state index contributed by atoms with van der Waals surface area (Å²) in [6.45, 7) is 2.52. The molecule has 2 N–H and O–H groups in total. The van der Waals surface area contributed by atoms with Crippen LogP contribution < -0.4 is 10.1 Å². The molecule has 0 aromatic heterocycles. The van der Waals surface area contributed by atoms with Gasteiger partial charge in [0.2, 0.25) is 5.91 Å². The molecule has 2 aromatic carbocycles. The third-order valence-electron chi connectivity index (χ3n) is 4.13. The van der Waals surface area contributed by atoms with E-state index in [0.717, 1.165) is 12.0 Å². The smallest absolute Gasteiger partial charge is 0.335 e. The number of aryl methyl sites for hydroxylation is 2. The maximum absolute atomic E-state index is 12.0. The number of carbonyl (C=O) groups is 2. The number of rotatable bonds is 8. The monoisotopic (exact) mass is 341 g/mol. The molecule has 25 heavy (non-hydrogen) atoms. The quantitative estimate of drug-likeness (QED) is 0.774. The van der Waals surface area contributed by atoms with E-state index in [4.69, 9.17) is 9.84 Å². The van der Waals surface area contributed by atoms with Crippen LogP contribution in [0.25, 0.3) is 0 Å². The van der Waals surface area contributed by atoms with Crippen LogP contribution in [0.4, 0.5) is 0 Å². The molecule has 132 valence electrons. The van der Waals surface area contributed by atoms with Crippen molar-refractivity contribution >= 4 is 11.9 Å². The van der Waals surface area contributed by atoms with Crippen molar-refractivity contribution in [3.05, 3.63) is 64.7 Å². The predicted molar refractivity (Wildman–Crippen MR) is 96.2 cm³/mol. The highest BCUT2D eigenvalue weighted by atomic mass is 16.5. The molecule has 0 aliphatic heterocycles. The Kier molecular flexibility index (Phi) is 6.57. The zero-order valence-corrected chi connectivity index (χ0v) is 14.5. The highest BCUT2D eigenvalue weighted by Crippen LogP contribution is 2.20. The SMILES string of the molecule is COc1cc(C(=O)O)ccc1CCNC(=O)CCc1ccccc1C. The second kappa shape index (κ2) is 8.87. The van der Waals surface area contributed by atoms with E-state index in [1.807, 2.05) is 31.2 Å². The number of amides is 1. The summed E-state index contributed by atoms with van der Waals surface area (Å²) in [7, 11) is 1.51. The normalized spacial score (nSPS) is 10.3. The Morgan fingerprint density at radius 3 is 2.52 bits per heavy atom. The molecule has 5 heteroatoms. The molecule has 2 aromatic rings. The van der Waals surface area contributed by atoms with Gasteiger partial charge >= 0.3 is 5.97 Å². The van der Waals surface area contributed by atoms with Gasteiger partial charge in [-0.3, -0.25) is 4.79 Å². The van der Waals surface area contributed by atoms with Crippen LogP contribution in [0, 0.1) is 6.92 Å². The first-order valence-electron chi connectivity index (χ1n) is 8.22. The van der Waals surface area contributed by atoms with Crippen molar-refractivity contribution < 1.29 is 19.4 Å². The van der Waals surface area contributed by atoms with Gasteiger partial charge in [-0.15, -0.1) is 0 Å². The van der Waals surface area contributed by atoms with Crippen LogP contribution in [0.5, 0.6) is 5.75 Å². The summed E-state index contributed by atoms with van der Waals surface area (Å²) in [6.07, 6.45) is 1.74. The maximum Gasteiger partial charge on any atom is 0.335 e. The third-order valence-corrected chi connectivity index (χ3v) is 4.13. The van der Waals surface area contributed by atoms with Crippen LogP contribution in [0.3, 0.4) is 0 Å². The highest BCUT2D eigenvalue weighted by Gasteiger charge is 2.09. The van der Waals surface area contributed by atoms with Gasteiger partial charge < -0.3 is 15.2 Å². The Balaban J connectivity index is 1.83. The van der Waals surface area contributed by atoms with E-state index in [-0.39, 0.29) is 11.5 Å². The van der Waals surface area contributed by atoms with Gasteiger partial charge in [0.05, 0.1) is 12.7 Å². The Labute approximate surface area is 147 Å². The van der Waals surface area contributed by atoms with Crippen LogP contribution in [-0.4, -0.2) is 30.6 Å². The number of aromatic carboxylic acids is 1. The van der Waals surface area contributed by atoms with Crippen LogP contribution in [0.15, 0.2) is 42.5 Å². The van der Waals surface area contributed by atoms with E-state index in [0.29, 0.717) is 25.1 Å². The fourth-order valence-electron chi connectivity index (χ4n) is 2.65. The lowest BCUT2D eigenvalue weighted by Gasteiger charge is -2.10. The van der Waals surface area contributed by atoms with Crippen molar-refractivity contribution in [2.75, 3.05) is 13.7 Å². The zero-order chi connectivity index (χ0) is 18.2. The van der Waals surface area contributed by atoms with Crippen LogP contribution in [-0.2, 0) is 17.6 Å². The van der Waals surface area contributed by atoms with Crippen molar-refractivity contribution in [1.29, 1.82) is 0 Å². The van der Waals surface area contributed by atoms with Gasteiger partial charge in [0.1, 0.15) is 5.75 Å². The first kappa shape index (κ1) is 18.5. The molecule has 0 unspecified atom stereocenters. The molecule has 0 aliphatic rings. The summed E-state index contributed by atoms with van der Waals surface area (Å²) in [6, 6.07) is 12.8. The van der Waals surface area contributed by atoms with E-state index >= 15 is 0 Å². The van der Waals surface area contributed by atoms with Gasteiger partial charge in [0.25, 0.3) is 0 Å². The minimum atomic E-state index is -0.991. The van der Waals surface area contributed by atoms with Gasteiger partial charge in [-0.25, -0.2) is 4.79 Å². The van der Waals surface area contributed by atoms with Crippen molar-refractivity contribution in [2.45, 2.75) is 26.2 Å². The minimum absolute atomic E-state index is 0.00405. The molecule has 0 radical (unpaired) electrons. The maximum atomic E-state index is 12.0. The standard InChI is InChI=1S/C20H23NO4/c1-14-5-3-4-6-15(14)9-10-19(22)21-12-11-16-7-8-17(20(23)24)13-18(16)25-2/h3-8,13H,9-12H2,1-2H3,(H,21,22)(H,23,24). The molecule has 0 heterocycles. The first-order chi connectivity index (χ1) is 12.0. The van der Waals surface area contributed by atoms with Crippen LogP contribution in [0.1, 0.15) is 33.5 Å². The molecule has 0 fully saturated rings. The van der Waals surface area contributed by atoms with Crippen molar-refractivity contribution in [1.82, 2.24) is 5.32 Å². The molecule has 0 aliphatic carbocycles. The number of methoxy groups -OCH3 is 1. The second-order valence-corrected chi connectivity index (χ2v) is 5.86. The number of carboxylic acids is 1. The fourth-order valence-corrected chi connectivity index (χ4v) is 2.65. The molecule has 0 bridgehead atoms. The van der Waals surface area contributed by atoms with Crippen molar-refractivity contribution in [3.63, 3.8) is 0 Å². The van der Waals surface area contributed by atoms with Gasteiger partial charge in [0.15, 0.2) is 0 Å². The average Bonchev–Trinajstić information content (AvgIpc) is 2.61. The van der Waals surface area contributed by atoms with E-state index < -0.39 is 5.97 Å². The number of hydrogen-bond acceptors (Lipinski definition) is 3. The number of carboxylic acid groups (broad SMARTS) is 1. The van der Waals surface area contributed by atoms with Crippen LogP contribution in [0.2, 0.25) is 0 Å². The van der Waals surface area contributed by atoms with Gasteiger partial charge in [-0.1, -0.05) is 30.3 Å². The number of carbonyl (C=O) groups excluding carboxylic acids is 1. The number of nitrogens with one attached hydrogen (secondary N) is 1. The fraction of sp³-hybridized carbons (Fsp3) is 0.300. The van der Waals surface area contributed by atoms with Crippen molar-refractivity contribution in [3.8, 4) is 5.75 Å². The van der Waals surface area contributed by atoms with Gasteiger partial charge in [-0.05, 0) is 48.6 Å². The third kappa shape index (κ3) is 5.35. The molecule has 0 atom stereocenters. The van der Waals surface area contributed by atoms with Crippen molar-refractivity contribution in [2.24, 2.45) is 0 Å². The highest BCUT2D eigenvalue weighted by molar-refractivity contribution is 5.88. The summed E-state index contributed by atoms with van der Waals surface area (Å²) >= 11 is 0. The molecule has 0 spiro atoms. The molecule has 5 nitrogen and oxygen atoms in total. The summed E-state index contributed by atoms with van der Waals surface area (Å²) in [5.41, 5.74) is 3.43. The van der Waals surface area contributed by atoms with Gasteiger partial charge in [0, 0.05) is 13.0 Å². The lowest BCUT2D eigenvalue weighted by molar-refractivity contribution is -0.121. The topological polar surface area (TPSA) is 75.6 Å². The molecular weight excluding hydrogens is 318 g/mol. The first-order valence-corrected chi connectivity index (χ1v) is 8.22. The number of ether oxygens (including phenoxy) is 1. The van der Waals surface area contributed by atoms with Gasteiger partial charge in [-0.2, -0.15) is 0 Å². The van der Waals surface area contributed by atoms with E-state index in [9.17, 15) is 9.59 Å². The number of benzene rings is 2. The Bertz CT molecular complexity index is 755. The lowest BCUT2D eigenvalue weighted by Crippen LogP contribution is -2.26.